The van der Waals surface area contributed by atoms with Gasteiger partial charge in [-0.25, -0.2) is 4.79 Å². The molecule has 0 radical (unpaired) electrons. The van der Waals surface area contributed by atoms with Crippen LogP contribution in [0.5, 0.6) is 0 Å². The summed E-state index contributed by atoms with van der Waals surface area (Å²) in [5, 5.41) is 7.73. The van der Waals surface area contributed by atoms with Gasteiger partial charge in [0.15, 0.2) is 12.6 Å². The van der Waals surface area contributed by atoms with Crippen molar-refractivity contribution in [2.75, 3.05) is 26.0 Å². The first-order chi connectivity index (χ1) is 10.8. The summed E-state index contributed by atoms with van der Waals surface area (Å²) in [4.78, 5) is 35.6. The van der Waals surface area contributed by atoms with Crippen LogP contribution in [0.1, 0.15) is 6.92 Å². The normalized spacial score (nSPS) is 12.9. The Hall–Kier alpha value is -1.83. The molecule has 0 heterocycles. The van der Waals surface area contributed by atoms with Crippen molar-refractivity contribution in [1.29, 1.82) is 0 Å². The second-order valence-electron chi connectivity index (χ2n) is 4.96. The molecule has 2 atom stereocenters. The van der Waals surface area contributed by atoms with E-state index in [1.54, 1.807) is 32.2 Å². The van der Waals surface area contributed by atoms with Crippen molar-refractivity contribution < 1.29 is 19.3 Å². The molecule has 0 aromatic heterocycles. The third-order valence-corrected chi connectivity index (χ3v) is 3.89. The number of quaternary nitrogens is 1. The van der Waals surface area contributed by atoms with Crippen molar-refractivity contribution in [3.63, 3.8) is 0 Å². The fourth-order valence-electron chi connectivity index (χ4n) is 1.71. The molecule has 1 aromatic carbocycles. The van der Waals surface area contributed by atoms with E-state index in [9.17, 15) is 14.4 Å². The third kappa shape index (κ3) is 5.70. The van der Waals surface area contributed by atoms with Crippen LogP contribution in [0, 0.1) is 0 Å². The van der Waals surface area contributed by atoms with E-state index >= 15 is 0 Å². The van der Waals surface area contributed by atoms with Crippen molar-refractivity contribution >= 4 is 46.7 Å². The Morgan fingerprint density at radius 1 is 1.22 bits per heavy atom. The second kappa shape index (κ2) is 8.71. The van der Waals surface area contributed by atoms with Crippen LogP contribution in [-0.2, 0) is 9.59 Å². The Morgan fingerprint density at radius 2 is 1.78 bits per heavy atom. The number of hydrogen-bond donors (Lipinski definition) is 4. The highest BCUT2D eigenvalue weighted by atomic mass is 35.5. The SMILES string of the molecule is CNC(=O)NC(=O)[C@H](C)[NH+](C)CC(=O)Nc1c(Cl)cccc1Cl. The van der Waals surface area contributed by atoms with E-state index in [4.69, 9.17) is 23.2 Å². The summed E-state index contributed by atoms with van der Waals surface area (Å²) in [6, 6.07) is 3.70. The summed E-state index contributed by atoms with van der Waals surface area (Å²) in [7, 11) is 3.08. The van der Waals surface area contributed by atoms with Gasteiger partial charge in [0.05, 0.1) is 22.8 Å². The van der Waals surface area contributed by atoms with Crippen LogP contribution in [-0.4, -0.2) is 44.5 Å². The predicted molar refractivity (Wildman–Crippen MR) is 88.9 cm³/mol. The molecule has 0 spiro atoms. The summed E-state index contributed by atoms with van der Waals surface area (Å²) < 4.78 is 0. The van der Waals surface area contributed by atoms with E-state index in [0.29, 0.717) is 20.6 Å². The number of halogens is 2. The van der Waals surface area contributed by atoms with Gasteiger partial charge in [0.1, 0.15) is 0 Å². The second-order valence-corrected chi connectivity index (χ2v) is 5.77. The lowest BCUT2D eigenvalue weighted by Crippen LogP contribution is -3.15. The van der Waals surface area contributed by atoms with E-state index in [1.807, 2.05) is 0 Å². The fraction of sp³-hybridized carbons (Fsp3) is 0.357. The number of hydrogen-bond acceptors (Lipinski definition) is 3. The topological polar surface area (TPSA) is 91.7 Å². The molecule has 7 nitrogen and oxygen atoms in total. The number of para-hydroxylation sites is 1. The van der Waals surface area contributed by atoms with Crippen molar-refractivity contribution in [1.82, 2.24) is 10.6 Å². The van der Waals surface area contributed by atoms with Gasteiger partial charge >= 0.3 is 6.03 Å². The van der Waals surface area contributed by atoms with Gasteiger partial charge in [0, 0.05) is 7.05 Å². The molecule has 0 fully saturated rings. The predicted octanol–water partition coefficient (Wildman–Crippen LogP) is 0.291. The Morgan fingerprint density at radius 3 is 2.30 bits per heavy atom. The molecule has 0 bridgehead atoms. The molecule has 0 aliphatic rings. The monoisotopic (exact) mass is 361 g/mol. The zero-order valence-electron chi connectivity index (χ0n) is 13.0. The van der Waals surface area contributed by atoms with Crippen LogP contribution in [0.3, 0.4) is 0 Å². The Labute approximate surface area is 144 Å². The zero-order chi connectivity index (χ0) is 17.6. The first-order valence-electron chi connectivity index (χ1n) is 6.85. The van der Waals surface area contributed by atoms with E-state index in [1.165, 1.54) is 7.05 Å². The van der Waals surface area contributed by atoms with Crippen molar-refractivity contribution in [3.05, 3.63) is 28.2 Å². The third-order valence-electron chi connectivity index (χ3n) is 3.26. The van der Waals surface area contributed by atoms with Gasteiger partial charge < -0.3 is 15.5 Å². The molecule has 0 saturated heterocycles. The zero-order valence-corrected chi connectivity index (χ0v) is 14.5. The summed E-state index contributed by atoms with van der Waals surface area (Å²) in [5.41, 5.74) is 0.330. The van der Waals surface area contributed by atoms with Gasteiger partial charge in [-0.3, -0.25) is 14.9 Å². The molecule has 23 heavy (non-hydrogen) atoms. The average molecular weight is 362 g/mol. The van der Waals surface area contributed by atoms with E-state index in [-0.39, 0.29) is 12.5 Å². The number of carbonyl (C=O) groups excluding carboxylic acids is 3. The minimum atomic E-state index is -0.597. The van der Waals surface area contributed by atoms with Crippen LogP contribution in [0.4, 0.5) is 10.5 Å². The number of urea groups is 1. The summed E-state index contributed by atoms with van der Waals surface area (Å²) >= 11 is 12.0. The van der Waals surface area contributed by atoms with Gasteiger partial charge in [-0.05, 0) is 19.1 Å². The summed E-state index contributed by atoms with van der Waals surface area (Å²) in [6.07, 6.45) is 0. The molecule has 0 saturated carbocycles. The molecule has 4 amide bonds. The van der Waals surface area contributed by atoms with Gasteiger partial charge in [0.2, 0.25) is 0 Å². The van der Waals surface area contributed by atoms with Crippen LogP contribution < -0.4 is 20.9 Å². The molecule has 9 heteroatoms. The number of nitrogens with one attached hydrogen (secondary N) is 4. The molecular weight excluding hydrogens is 343 g/mol. The highest BCUT2D eigenvalue weighted by Gasteiger charge is 2.25. The molecule has 1 rings (SSSR count). The van der Waals surface area contributed by atoms with Crippen LogP contribution in [0.25, 0.3) is 0 Å². The number of amides is 4. The molecule has 0 aliphatic heterocycles. The first-order valence-corrected chi connectivity index (χ1v) is 7.60. The standard InChI is InChI=1S/C14H18Cl2N4O3/c1-8(13(22)19-14(23)17-2)20(3)7-11(21)18-12-9(15)5-4-6-10(12)16/h4-6,8H,7H2,1-3H3,(H,18,21)(H2,17,19,22,23)/p+1/t8-/m0/s1. The van der Waals surface area contributed by atoms with E-state index in [2.05, 4.69) is 16.0 Å². The maximum Gasteiger partial charge on any atom is 0.321 e. The Kier molecular flexibility index (Phi) is 7.28. The number of carbonyl (C=O) groups is 3. The molecule has 126 valence electrons. The lowest BCUT2D eigenvalue weighted by molar-refractivity contribution is -0.885. The molecule has 1 aromatic rings. The van der Waals surface area contributed by atoms with Gasteiger partial charge in [-0.1, -0.05) is 29.3 Å². The van der Waals surface area contributed by atoms with E-state index < -0.39 is 18.0 Å². The number of imide groups is 1. The highest BCUT2D eigenvalue weighted by molar-refractivity contribution is 6.39. The molecular formula is C14H19Cl2N4O3+. The number of benzene rings is 1. The Balaban J connectivity index is 2.63. The van der Waals surface area contributed by atoms with Crippen molar-refractivity contribution in [3.8, 4) is 0 Å². The van der Waals surface area contributed by atoms with Gasteiger partial charge in [-0.15, -0.1) is 0 Å². The lowest BCUT2D eigenvalue weighted by atomic mass is 10.2. The van der Waals surface area contributed by atoms with Gasteiger partial charge in [-0.2, -0.15) is 0 Å². The first kappa shape index (κ1) is 19.2. The molecule has 0 aliphatic carbocycles. The molecule has 1 unspecified atom stereocenters. The van der Waals surface area contributed by atoms with Crippen molar-refractivity contribution in [2.24, 2.45) is 0 Å². The average Bonchev–Trinajstić information content (AvgIpc) is 2.49. The van der Waals surface area contributed by atoms with E-state index in [0.717, 1.165) is 0 Å². The van der Waals surface area contributed by atoms with Gasteiger partial charge in [0.25, 0.3) is 11.8 Å². The molecule has 4 N–H and O–H groups in total. The smallest absolute Gasteiger partial charge is 0.321 e. The lowest BCUT2D eigenvalue weighted by Gasteiger charge is -2.20. The summed E-state index contributed by atoms with van der Waals surface area (Å²) in [5.74, 6) is -0.831. The number of anilines is 1. The van der Waals surface area contributed by atoms with Crippen molar-refractivity contribution in [2.45, 2.75) is 13.0 Å². The quantitative estimate of drug-likeness (QED) is 0.607. The Bertz CT molecular complexity index is 589. The number of rotatable bonds is 5. The highest BCUT2D eigenvalue weighted by Crippen LogP contribution is 2.29. The van der Waals surface area contributed by atoms with Crippen LogP contribution in [0.2, 0.25) is 10.0 Å². The minimum Gasteiger partial charge on any atom is -0.341 e. The fourth-order valence-corrected chi connectivity index (χ4v) is 2.21. The van der Waals surface area contributed by atoms with Crippen LogP contribution >= 0.6 is 23.2 Å². The largest absolute Gasteiger partial charge is 0.341 e. The van der Waals surface area contributed by atoms with Crippen LogP contribution in [0.15, 0.2) is 18.2 Å². The number of likely N-dealkylation sites (N-methyl/N-ethyl adjacent to an activating group) is 1. The minimum absolute atomic E-state index is 0.00385. The summed E-state index contributed by atoms with van der Waals surface area (Å²) in [6.45, 7) is 1.62. The maximum atomic E-state index is 12.1. The maximum absolute atomic E-state index is 12.1.